The van der Waals surface area contributed by atoms with Crippen molar-refractivity contribution in [2.24, 2.45) is 5.92 Å². The number of carbonyl (C=O) groups excluding carboxylic acids is 1. The zero-order valence-corrected chi connectivity index (χ0v) is 24.3. The third kappa shape index (κ3) is 7.14. The van der Waals surface area contributed by atoms with E-state index < -0.39 is 0 Å². The summed E-state index contributed by atoms with van der Waals surface area (Å²) in [6, 6.07) is 17.0. The highest BCUT2D eigenvalue weighted by molar-refractivity contribution is 6.32. The highest BCUT2D eigenvalue weighted by Gasteiger charge is 2.31. The molecule has 8 heteroatoms. The average molecular weight is 580 g/mol. The summed E-state index contributed by atoms with van der Waals surface area (Å²) in [5.41, 5.74) is 2.17. The lowest BCUT2D eigenvalue weighted by atomic mass is 10.0. The number of amides is 1. The Balaban J connectivity index is 1.09. The second kappa shape index (κ2) is 13.0. The second-order valence-corrected chi connectivity index (χ2v) is 12.1. The van der Waals surface area contributed by atoms with Crippen molar-refractivity contribution in [2.75, 3.05) is 50.8 Å². The molecule has 3 saturated heterocycles. The molecule has 3 aliphatic rings. The summed E-state index contributed by atoms with van der Waals surface area (Å²) < 4.78 is 25.2. The van der Waals surface area contributed by atoms with Crippen LogP contribution in [0.4, 0.5) is 10.1 Å². The van der Waals surface area contributed by atoms with Crippen LogP contribution in [0.15, 0.2) is 54.6 Å². The molecule has 0 aromatic heterocycles. The number of rotatable bonds is 9. The number of anilines is 1. The van der Waals surface area contributed by atoms with Gasteiger partial charge < -0.3 is 24.6 Å². The van der Waals surface area contributed by atoms with Crippen molar-refractivity contribution in [2.45, 2.75) is 50.7 Å². The van der Waals surface area contributed by atoms with E-state index in [1.54, 1.807) is 6.07 Å². The first kappa shape index (κ1) is 28.3. The molecule has 0 unspecified atom stereocenters. The molecule has 2 atom stereocenters. The number of hydrogen-bond acceptors (Lipinski definition) is 5. The first-order valence-corrected chi connectivity index (χ1v) is 15.4. The van der Waals surface area contributed by atoms with E-state index in [4.69, 9.17) is 21.1 Å². The molecule has 3 aliphatic heterocycles. The Labute approximate surface area is 246 Å². The largest absolute Gasteiger partial charge is 0.489 e. The maximum Gasteiger partial charge on any atom is 0.225 e. The maximum absolute atomic E-state index is 13.6. The molecule has 218 valence electrons. The van der Waals surface area contributed by atoms with Crippen LogP contribution in [-0.4, -0.2) is 68.9 Å². The van der Waals surface area contributed by atoms with Gasteiger partial charge in [-0.05, 0) is 91.5 Å². The lowest BCUT2D eigenvalue weighted by Gasteiger charge is -2.27. The molecule has 41 heavy (non-hydrogen) atoms. The lowest BCUT2D eigenvalue weighted by Crippen LogP contribution is -2.46. The highest BCUT2D eigenvalue weighted by atomic mass is 35.5. The van der Waals surface area contributed by atoms with E-state index in [0.717, 1.165) is 87.1 Å². The Morgan fingerprint density at radius 1 is 1.00 bits per heavy atom. The van der Waals surface area contributed by atoms with Gasteiger partial charge in [0.1, 0.15) is 17.7 Å². The molecule has 3 fully saturated rings. The highest BCUT2D eigenvalue weighted by Crippen LogP contribution is 2.30. The SMILES string of the molecule is O=C(N[C@@H](Cc1ccc(OC2CCOCC2)c(Cl)c1)CN1CCCC1)[C@H]1CCN(c2ccc3cc(F)ccc3c2)C1. The number of nitrogens with one attached hydrogen (secondary N) is 1. The predicted molar refractivity (Wildman–Crippen MR) is 161 cm³/mol. The van der Waals surface area contributed by atoms with Crippen LogP contribution in [0.3, 0.4) is 0 Å². The standard InChI is InChI=1S/C33H39ClFN3O3/c34-31-18-23(3-8-32(31)41-30-10-15-40-16-11-30)17-28(22-37-12-1-2-13-37)36-33(39)26-9-14-38(21-26)29-7-5-24-19-27(35)6-4-25(24)20-29/h3-8,18-20,26,28,30H,1-2,9-17,21-22H2,(H,36,39)/t26-,28-/m0/s1. The molecular weight excluding hydrogens is 541 g/mol. The summed E-state index contributed by atoms with van der Waals surface area (Å²) in [7, 11) is 0. The molecule has 0 spiro atoms. The molecule has 3 aromatic rings. The summed E-state index contributed by atoms with van der Waals surface area (Å²) in [4.78, 5) is 18.3. The van der Waals surface area contributed by atoms with Gasteiger partial charge in [-0.1, -0.05) is 29.8 Å². The normalized spacial score (nSPS) is 20.9. The van der Waals surface area contributed by atoms with Crippen molar-refractivity contribution in [1.29, 1.82) is 0 Å². The van der Waals surface area contributed by atoms with Crippen LogP contribution in [0, 0.1) is 11.7 Å². The number of likely N-dealkylation sites (tertiary alicyclic amines) is 1. The zero-order chi connectivity index (χ0) is 28.2. The summed E-state index contributed by atoms with van der Waals surface area (Å²) in [5.74, 6) is 0.532. The van der Waals surface area contributed by atoms with Crippen LogP contribution >= 0.6 is 11.6 Å². The third-order valence-corrected chi connectivity index (χ3v) is 8.97. The monoisotopic (exact) mass is 579 g/mol. The Bertz CT molecular complexity index is 1360. The minimum atomic E-state index is -0.229. The van der Waals surface area contributed by atoms with Gasteiger partial charge >= 0.3 is 0 Å². The second-order valence-electron chi connectivity index (χ2n) is 11.7. The van der Waals surface area contributed by atoms with E-state index in [0.29, 0.717) is 17.3 Å². The van der Waals surface area contributed by atoms with E-state index >= 15 is 0 Å². The number of nitrogens with zero attached hydrogens (tertiary/aromatic N) is 2. The van der Waals surface area contributed by atoms with Gasteiger partial charge in [0.2, 0.25) is 5.91 Å². The van der Waals surface area contributed by atoms with Crippen molar-refractivity contribution in [3.8, 4) is 5.75 Å². The van der Waals surface area contributed by atoms with Gasteiger partial charge in [0, 0.05) is 44.2 Å². The summed E-state index contributed by atoms with van der Waals surface area (Å²) >= 11 is 6.65. The average Bonchev–Trinajstić information content (AvgIpc) is 3.68. The molecule has 1 N–H and O–H groups in total. The first-order valence-electron chi connectivity index (χ1n) is 15.0. The van der Waals surface area contributed by atoms with Crippen LogP contribution in [0.2, 0.25) is 5.02 Å². The molecule has 6 rings (SSSR count). The minimum absolute atomic E-state index is 0.00328. The molecule has 0 radical (unpaired) electrons. The van der Waals surface area contributed by atoms with Gasteiger partial charge in [-0.3, -0.25) is 4.79 Å². The van der Waals surface area contributed by atoms with Crippen LogP contribution < -0.4 is 15.0 Å². The van der Waals surface area contributed by atoms with Crippen LogP contribution in [-0.2, 0) is 16.0 Å². The van der Waals surface area contributed by atoms with Gasteiger partial charge in [-0.25, -0.2) is 4.39 Å². The minimum Gasteiger partial charge on any atom is -0.489 e. The van der Waals surface area contributed by atoms with Crippen LogP contribution in [0.1, 0.15) is 37.7 Å². The number of ether oxygens (including phenoxy) is 2. The number of carbonyl (C=O) groups is 1. The molecule has 3 heterocycles. The van der Waals surface area contributed by atoms with Crippen LogP contribution in [0.25, 0.3) is 10.8 Å². The number of fused-ring (bicyclic) bond motifs is 1. The van der Waals surface area contributed by atoms with Crippen molar-refractivity contribution in [3.05, 3.63) is 71.0 Å². The molecule has 0 bridgehead atoms. The molecule has 1 amide bonds. The fourth-order valence-electron chi connectivity index (χ4n) is 6.39. The Kier molecular flexibility index (Phi) is 8.94. The van der Waals surface area contributed by atoms with E-state index in [1.807, 2.05) is 30.3 Å². The maximum atomic E-state index is 13.6. The topological polar surface area (TPSA) is 54.0 Å². The number of hydrogen-bond donors (Lipinski definition) is 1. The zero-order valence-electron chi connectivity index (χ0n) is 23.5. The predicted octanol–water partition coefficient (Wildman–Crippen LogP) is 5.84. The Hall–Kier alpha value is -2.87. The van der Waals surface area contributed by atoms with Gasteiger partial charge in [0.05, 0.1) is 24.2 Å². The van der Waals surface area contributed by atoms with E-state index in [9.17, 15) is 9.18 Å². The summed E-state index contributed by atoms with van der Waals surface area (Å²) in [5, 5.41) is 5.91. The van der Waals surface area contributed by atoms with Gasteiger partial charge in [0.15, 0.2) is 0 Å². The fourth-order valence-corrected chi connectivity index (χ4v) is 6.64. The van der Waals surface area contributed by atoms with Crippen LogP contribution in [0.5, 0.6) is 5.75 Å². The van der Waals surface area contributed by atoms with E-state index in [2.05, 4.69) is 27.2 Å². The molecular formula is C33H39ClFN3O3. The molecule has 0 aliphatic carbocycles. The van der Waals surface area contributed by atoms with Crippen molar-refractivity contribution < 1.29 is 18.7 Å². The quantitative estimate of drug-likeness (QED) is 0.345. The van der Waals surface area contributed by atoms with Crippen molar-refractivity contribution in [3.63, 3.8) is 0 Å². The van der Waals surface area contributed by atoms with E-state index in [-0.39, 0.29) is 29.8 Å². The van der Waals surface area contributed by atoms with Gasteiger partial charge in [-0.15, -0.1) is 0 Å². The molecule has 6 nitrogen and oxygen atoms in total. The third-order valence-electron chi connectivity index (χ3n) is 8.67. The molecule has 3 aromatic carbocycles. The van der Waals surface area contributed by atoms with Gasteiger partial charge in [0.25, 0.3) is 0 Å². The fraction of sp³-hybridized carbons (Fsp3) is 0.485. The Morgan fingerprint density at radius 3 is 2.59 bits per heavy atom. The number of halogens is 2. The summed E-state index contributed by atoms with van der Waals surface area (Å²) in [6.45, 7) is 5.94. The van der Waals surface area contributed by atoms with Gasteiger partial charge in [-0.2, -0.15) is 0 Å². The van der Waals surface area contributed by atoms with E-state index in [1.165, 1.54) is 18.9 Å². The Morgan fingerprint density at radius 2 is 1.78 bits per heavy atom. The smallest absolute Gasteiger partial charge is 0.225 e. The number of benzene rings is 3. The van der Waals surface area contributed by atoms with Crippen molar-refractivity contribution in [1.82, 2.24) is 10.2 Å². The summed E-state index contributed by atoms with van der Waals surface area (Å²) in [6.07, 6.45) is 5.84. The first-order chi connectivity index (χ1) is 20.0. The lowest BCUT2D eigenvalue weighted by molar-refractivity contribution is -0.125. The molecule has 0 saturated carbocycles. The van der Waals surface area contributed by atoms with Crippen molar-refractivity contribution >= 4 is 34.0 Å².